The Morgan fingerprint density at radius 1 is 1.36 bits per heavy atom. The van der Waals surface area contributed by atoms with Crippen molar-refractivity contribution < 1.29 is 9.32 Å². The predicted molar refractivity (Wildman–Crippen MR) is 96.3 cm³/mol. The quantitative estimate of drug-likeness (QED) is 0.625. The van der Waals surface area contributed by atoms with E-state index in [0.717, 1.165) is 35.0 Å². The molecule has 3 aromatic rings. The van der Waals surface area contributed by atoms with E-state index in [1.54, 1.807) is 6.07 Å². The van der Waals surface area contributed by atoms with Gasteiger partial charge in [0.25, 0.3) is 0 Å². The molecular weight excluding hydrogens is 340 g/mol. The number of rotatable bonds is 6. The van der Waals surface area contributed by atoms with E-state index in [9.17, 15) is 4.79 Å². The second-order valence-electron chi connectivity index (χ2n) is 6.81. The van der Waals surface area contributed by atoms with Crippen LogP contribution in [0.1, 0.15) is 31.0 Å². The van der Waals surface area contributed by atoms with Gasteiger partial charge in [0.05, 0.1) is 6.54 Å². The molecule has 7 heteroatoms. The highest BCUT2D eigenvalue weighted by Gasteiger charge is 2.44. The van der Waals surface area contributed by atoms with Crippen LogP contribution in [-0.4, -0.2) is 16.0 Å². The summed E-state index contributed by atoms with van der Waals surface area (Å²) in [6.07, 6.45) is 3.47. The van der Waals surface area contributed by atoms with Crippen LogP contribution in [0.25, 0.3) is 10.9 Å². The first-order chi connectivity index (χ1) is 12.0. The van der Waals surface area contributed by atoms with Crippen LogP contribution < -0.4 is 10.6 Å². The summed E-state index contributed by atoms with van der Waals surface area (Å²) < 4.78 is 4.80. The van der Waals surface area contributed by atoms with Gasteiger partial charge in [-0.2, -0.15) is 0 Å². The molecule has 1 aliphatic rings. The molecule has 1 saturated carbocycles. The molecule has 2 heterocycles. The van der Waals surface area contributed by atoms with Crippen molar-refractivity contribution in [1.29, 1.82) is 0 Å². The van der Waals surface area contributed by atoms with Gasteiger partial charge in [-0.1, -0.05) is 23.7 Å². The maximum Gasteiger partial charge on any atom is 0.226 e. The molecule has 0 bridgehead atoms. The molecule has 0 atom stereocenters. The fourth-order valence-corrected chi connectivity index (χ4v) is 3.02. The van der Waals surface area contributed by atoms with Crippen LogP contribution in [0, 0.1) is 5.41 Å². The molecule has 1 aliphatic carbocycles. The van der Waals surface area contributed by atoms with Crippen LogP contribution in [0.15, 0.2) is 35.1 Å². The zero-order chi connectivity index (χ0) is 17.4. The lowest BCUT2D eigenvalue weighted by Crippen LogP contribution is -2.29. The first-order valence-electron chi connectivity index (χ1n) is 8.26. The first kappa shape index (κ1) is 16.0. The minimum Gasteiger partial charge on any atom is -0.363 e. The van der Waals surface area contributed by atoms with Gasteiger partial charge in [-0.05, 0) is 36.6 Å². The molecule has 25 heavy (non-hydrogen) atoms. The lowest BCUT2D eigenvalue weighted by molar-refractivity contribution is -0.125. The summed E-state index contributed by atoms with van der Waals surface area (Å²) in [4.78, 5) is 15.4. The molecule has 0 radical (unpaired) electrons. The number of benzene rings is 1. The Balaban J connectivity index is 1.47. The Kier molecular flexibility index (Phi) is 3.92. The summed E-state index contributed by atoms with van der Waals surface area (Å²) in [6.45, 7) is 3.04. The Bertz CT molecular complexity index is 913. The van der Waals surface area contributed by atoms with Crippen LogP contribution in [0.2, 0.25) is 5.02 Å². The largest absolute Gasteiger partial charge is 0.363 e. The molecule has 0 aliphatic heterocycles. The molecule has 1 aromatic carbocycles. The number of nitrogens with zero attached hydrogens (tertiary/aromatic N) is 1. The lowest BCUT2D eigenvalue weighted by atomic mass is 10.1. The minimum absolute atomic E-state index is 0.127. The third-order valence-corrected chi connectivity index (χ3v) is 5.08. The molecule has 130 valence electrons. The van der Waals surface area contributed by atoms with Gasteiger partial charge in [0.1, 0.15) is 6.26 Å². The number of fused-ring (bicyclic) bond motifs is 1. The maximum absolute atomic E-state index is 12.1. The van der Waals surface area contributed by atoms with E-state index in [-0.39, 0.29) is 11.3 Å². The standard InChI is InChI=1S/C18H19ClN4O2/c1-18(3-4-18)17(24)21-10-13-6-11-7-14(19)12(8-15(11)22-13)9-20-16-2-5-25-23-16/h2,5-8,22H,3-4,9-10H2,1H3,(H,20,23)(H,21,24). The molecule has 2 aromatic heterocycles. The van der Waals surface area contributed by atoms with Gasteiger partial charge in [-0.3, -0.25) is 4.79 Å². The Morgan fingerprint density at radius 3 is 2.92 bits per heavy atom. The van der Waals surface area contributed by atoms with Crippen molar-refractivity contribution in [2.75, 3.05) is 5.32 Å². The zero-order valence-corrected chi connectivity index (χ0v) is 14.6. The molecule has 1 fully saturated rings. The summed E-state index contributed by atoms with van der Waals surface area (Å²) in [5.74, 6) is 0.793. The van der Waals surface area contributed by atoms with Gasteiger partial charge in [0.2, 0.25) is 5.91 Å². The highest BCUT2D eigenvalue weighted by Crippen LogP contribution is 2.45. The molecule has 0 spiro atoms. The van der Waals surface area contributed by atoms with Gasteiger partial charge >= 0.3 is 0 Å². The maximum atomic E-state index is 12.1. The van der Waals surface area contributed by atoms with Crippen LogP contribution >= 0.6 is 11.6 Å². The van der Waals surface area contributed by atoms with Crippen LogP contribution in [0.5, 0.6) is 0 Å². The van der Waals surface area contributed by atoms with Crippen molar-refractivity contribution in [2.45, 2.75) is 32.9 Å². The monoisotopic (exact) mass is 358 g/mol. The lowest BCUT2D eigenvalue weighted by Gasteiger charge is -2.08. The van der Waals surface area contributed by atoms with Crippen molar-refractivity contribution in [3.05, 3.63) is 46.8 Å². The van der Waals surface area contributed by atoms with E-state index >= 15 is 0 Å². The third kappa shape index (κ3) is 3.35. The second-order valence-corrected chi connectivity index (χ2v) is 7.21. The summed E-state index contributed by atoms with van der Waals surface area (Å²) in [5.41, 5.74) is 2.75. The summed E-state index contributed by atoms with van der Waals surface area (Å²) in [6, 6.07) is 7.72. The average molecular weight is 359 g/mol. The number of aromatic nitrogens is 2. The fourth-order valence-electron chi connectivity index (χ4n) is 2.78. The van der Waals surface area contributed by atoms with Crippen molar-refractivity contribution >= 4 is 34.2 Å². The van der Waals surface area contributed by atoms with Gasteiger partial charge < -0.3 is 20.1 Å². The van der Waals surface area contributed by atoms with Crippen LogP contribution in [0.3, 0.4) is 0 Å². The number of carbonyl (C=O) groups excluding carboxylic acids is 1. The van der Waals surface area contributed by atoms with Crippen molar-refractivity contribution in [3.63, 3.8) is 0 Å². The summed E-state index contributed by atoms with van der Waals surface area (Å²) in [5, 5.41) is 11.7. The number of nitrogens with one attached hydrogen (secondary N) is 3. The van der Waals surface area contributed by atoms with E-state index in [1.165, 1.54) is 6.26 Å². The predicted octanol–water partition coefficient (Wildman–Crippen LogP) is 3.84. The van der Waals surface area contributed by atoms with Crippen LogP contribution in [0.4, 0.5) is 5.82 Å². The van der Waals surface area contributed by atoms with E-state index in [2.05, 4.69) is 20.8 Å². The number of halogens is 1. The smallest absolute Gasteiger partial charge is 0.226 e. The Labute approximate surface area is 149 Å². The number of anilines is 1. The zero-order valence-electron chi connectivity index (χ0n) is 13.9. The average Bonchev–Trinajstić information content (AvgIpc) is 3.01. The fraction of sp³-hybridized carbons (Fsp3) is 0.333. The third-order valence-electron chi connectivity index (χ3n) is 4.73. The van der Waals surface area contributed by atoms with E-state index in [1.807, 2.05) is 25.1 Å². The topological polar surface area (TPSA) is 82.9 Å². The van der Waals surface area contributed by atoms with E-state index in [0.29, 0.717) is 23.9 Å². The normalized spacial score (nSPS) is 15.3. The first-order valence-corrected chi connectivity index (χ1v) is 8.64. The number of H-pyrrole nitrogens is 1. The molecule has 1 amide bonds. The van der Waals surface area contributed by atoms with E-state index in [4.69, 9.17) is 16.1 Å². The summed E-state index contributed by atoms with van der Waals surface area (Å²) >= 11 is 6.38. The SMILES string of the molecule is CC1(C(=O)NCc2cc3cc(Cl)c(CNc4ccon4)cc3[nH]2)CC1. The number of amides is 1. The minimum atomic E-state index is -0.157. The molecule has 0 saturated heterocycles. The van der Waals surface area contributed by atoms with Crippen molar-refractivity contribution in [1.82, 2.24) is 15.5 Å². The highest BCUT2D eigenvalue weighted by atomic mass is 35.5. The van der Waals surface area contributed by atoms with Gasteiger partial charge in [0, 0.05) is 39.6 Å². The van der Waals surface area contributed by atoms with Crippen molar-refractivity contribution in [3.8, 4) is 0 Å². The van der Waals surface area contributed by atoms with Gasteiger partial charge in [-0.15, -0.1) is 0 Å². The second kappa shape index (κ2) is 6.11. The van der Waals surface area contributed by atoms with Gasteiger partial charge in [-0.25, -0.2) is 0 Å². The number of hydrogen-bond acceptors (Lipinski definition) is 4. The van der Waals surface area contributed by atoms with E-state index < -0.39 is 0 Å². The number of hydrogen-bond donors (Lipinski definition) is 3. The van der Waals surface area contributed by atoms with Gasteiger partial charge in [0.15, 0.2) is 5.82 Å². The Hall–Kier alpha value is -2.47. The molecule has 6 nitrogen and oxygen atoms in total. The van der Waals surface area contributed by atoms with Crippen LogP contribution in [-0.2, 0) is 17.9 Å². The number of carbonyl (C=O) groups is 1. The van der Waals surface area contributed by atoms with Crippen molar-refractivity contribution in [2.24, 2.45) is 5.41 Å². The molecule has 0 unspecified atom stereocenters. The molecule has 4 rings (SSSR count). The number of aromatic amines is 1. The molecule has 3 N–H and O–H groups in total. The summed E-state index contributed by atoms with van der Waals surface area (Å²) in [7, 11) is 0. The highest BCUT2D eigenvalue weighted by molar-refractivity contribution is 6.32. The Morgan fingerprint density at radius 2 is 2.20 bits per heavy atom. The molecular formula is C18H19ClN4O2.